The third-order valence-corrected chi connectivity index (χ3v) is 0.407. The van der Waals surface area contributed by atoms with Crippen LogP contribution in [0.25, 0.3) is 0 Å². The highest BCUT2D eigenvalue weighted by Crippen LogP contribution is 1.76. The Morgan fingerprint density at radius 2 is 2.50 bits per heavy atom. The van der Waals surface area contributed by atoms with E-state index >= 15 is 0 Å². The number of halogens is 1. The van der Waals surface area contributed by atoms with Gasteiger partial charge in [0.25, 0.3) is 0 Å². The van der Waals surface area contributed by atoms with E-state index in [2.05, 4.69) is 4.74 Å². The molecule has 3 nitrogen and oxygen atoms in total. The van der Waals surface area contributed by atoms with Gasteiger partial charge >= 0.3 is 5.97 Å². The lowest BCUT2D eigenvalue weighted by atomic mass is 10.7. The third-order valence-electron chi connectivity index (χ3n) is 0.407. The minimum absolute atomic E-state index is 0.372. The van der Waals surface area contributed by atoms with Gasteiger partial charge in [0.05, 0.1) is 0 Å². The van der Waals surface area contributed by atoms with Gasteiger partial charge in [-0.05, 0) is 0 Å². The Kier molecular flexibility index (Phi) is 3.50. The number of ether oxygens (including phenoxy) is 1. The predicted octanol–water partition coefficient (Wildman–Crippen LogP) is 0.0227. The normalized spacial score (nSPS) is 7.50. The predicted molar refractivity (Wildman–Crippen MR) is 22.5 cm³/mol. The SMILES string of the molecule is N#CCOC(=O)CF. The highest BCUT2D eigenvalue weighted by Gasteiger charge is 1.96. The number of nitrogens with zero attached hydrogens (tertiary/aromatic N) is 1. The van der Waals surface area contributed by atoms with Gasteiger partial charge in [-0.25, -0.2) is 9.18 Å². The molecule has 0 radical (unpaired) electrons. The minimum Gasteiger partial charge on any atom is -0.448 e. The van der Waals surface area contributed by atoms with E-state index in [0.717, 1.165) is 0 Å². The number of carbonyl (C=O) groups excluding carboxylic acids is 1. The van der Waals surface area contributed by atoms with Crippen LogP contribution in [0.5, 0.6) is 0 Å². The fraction of sp³-hybridized carbons (Fsp3) is 0.500. The minimum atomic E-state index is -1.16. The Bertz CT molecular complexity index is 118. The molecule has 0 saturated carbocycles. The summed E-state index contributed by atoms with van der Waals surface area (Å²) in [6, 6.07) is 1.52. The number of rotatable bonds is 2. The van der Waals surface area contributed by atoms with Gasteiger partial charge in [0.1, 0.15) is 6.07 Å². The van der Waals surface area contributed by atoms with E-state index in [1.54, 1.807) is 0 Å². The van der Waals surface area contributed by atoms with Crippen LogP contribution in [0.4, 0.5) is 4.39 Å². The smallest absolute Gasteiger partial charge is 0.338 e. The van der Waals surface area contributed by atoms with Gasteiger partial charge in [0, 0.05) is 0 Å². The molecule has 0 aromatic carbocycles. The molecule has 0 aromatic rings. The zero-order chi connectivity index (χ0) is 6.41. The Labute approximate surface area is 45.7 Å². The molecule has 0 aliphatic heterocycles. The van der Waals surface area contributed by atoms with E-state index < -0.39 is 12.6 Å². The van der Waals surface area contributed by atoms with Crippen molar-refractivity contribution in [1.82, 2.24) is 0 Å². The van der Waals surface area contributed by atoms with Crippen LogP contribution in [0.1, 0.15) is 0 Å². The summed E-state index contributed by atoms with van der Waals surface area (Å²) < 4.78 is 15.1. The summed E-state index contributed by atoms with van der Waals surface area (Å²) in [4.78, 5) is 9.82. The second-order valence-corrected chi connectivity index (χ2v) is 0.952. The van der Waals surface area contributed by atoms with Crippen molar-refractivity contribution in [2.24, 2.45) is 0 Å². The number of hydrogen-bond acceptors (Lipinski definition) is 3. The lowest BCUT2D eigenvalue weighted by Crippen LogP contribution is -2.05. The van der Waals surface area contributed by atoms with E-state index in [1.165, 1.54) is 6.07 Å². The van der Waals surface area contributed by atoms with Crippen molar-refractivity contribution in [3.8, 4) is 6.07 Å². The van der Waals surface area contributed by atoms with Crippen molar-refractivity contribution in [2.75, 3.05) is 13.3 Å². The zero-order valence-electron chi connectivity index (χ0n) is 4.06. The molecule has 0 aliphatic rings. The first-order valence-corrected chi connectivity index (χ1v) is 1.89. The summed E-state index contributed by atoms with van der Waals surface area (Å²) >= 11 is 0. The van der Waals surface area contributed by atoms with Crippen molar-refractivity contribution in [3.63, 3.8) is 0 Å². The van der Waals surface area contributed by atoms with E-state index in [0.29, 0.717) is 0 Å². The van der Waals surface area contributed by atoms with Gasteiger partial charge in [0.15, 0.2) is 13.3 Å². The quantitative estimate of drug-likeness (QED) is 0.479. The standard InChI is InChI=1S/C4H4FNO2/c5-3-4(7)8-2-1-6/h2-3H2. The summed E-state index contributed by atoms with van der Waals surface area (Å²) in [5.74, 6) is -0.994. The molecule has 8 heavy (non-hydrogen) atoms. The summed E-state index contributed by atoms with van der Waals surface area (Å²) in [6.45, 7) is -1.54. The number of nitriles is 1. The second kappa shape index (κ2) is 4.06. The second-order valence-electron chi connectivity index (χ2n) is 0.952. The summed E-state index contributed by atoms with van der Waals surface area (Å²) in [5, 5.41) is 7.76. The zero-order valence-corrected chi connectivity index (χ0v) is 4.06. The lowest BCUT2D eigenvalue weighted by Gasteiger charge is -1.90. The Balaban J connectivity index is 3.15. The maximum Gasteiger partial charge on any atom is 0.338 e. The van der Waals surface area contributed by atoms with Crippen LogP contribution < -0.4 is 0 Å². The topological polar surface area (TPSA) is 50.1 Å². The van der Waals surface area contributed by atoms with Crippen LogP contribution in [0, 0.1) is 11.3 Å². The lowest BCUT2D eigenvalue weighted by molar-refractivity contribution is -0.143. The van der Waals surface area contributed by atoms with Crippen LogP contribution in [-0.4, -0.2) is 19.3 Å². The van der Waals surface area contributed by atoms with Gasteiger partial charge < -0.3 is 4.74 Å². The highest BCUT2D eigenvalue weighted by molar-refractivity contribution is 5.70. The number of alkyl halides is 1. The van der Waals surface area contributed by atoms with Crippen LogP contribution in [-0.2, 0) is 9.53 Å². The average Bonchev–Trinajstić information content (AvgIpc) is 1.83. The number of carbonyl (C=O) groups is 1. The van der Waals surface area contributed by atoms with Crippen molar-refractivity contribution >= 4 is 5.97 Å². The van der Waals surface area contributed by atoms with Gasteiger partial charge in [-0.2, -0.15) is 5.26 Å². The van der Waals surface area contributed by atoms with E-state index in [-0.39, 0.29) is 6.61 Å². The molecule has 0 N–H and O–H groups in total. The van der Waals surface area contributed by atoms with Crippen molar-refractivity contribution in [3.05, 3.63) is 0 Å². The van der Waals surface area contributed by atoms with Gasteiger partial charge in [-0.3, -0.25) is 0 Å². The molecule has 0 spiro atoms. The average molecular weight is 117 g/mol. The molecule has 0 aromatic heterocycles. The molecule has 4 heteroatoms. The molecule has 0 bridgehead atoms. The maximum atomic E-state index is 11.1. The molecule has 0 atom stereocenters. The maximum absolute atomic E-state index is 11.1. The summed E-state index contributed by atoms with van der Waals surface area (Å²) in [7, 11) is 0. The van der Waals surface area contributed by atoms with Crippen molar-refractivity contribution in [2.45, 2.75) is 0 Å². The van der Waals surface area contributed by atoms with Crippen molar-refractivity contribution in [1.29, 1.82) is 5.26 Å². The fourth-order valence-electron chi connectivity index (χ4n) is 0.151. The first-order chi connectivity index (χ1) is 3.81. The molecule has 0 amide bonds. The Hall–Kier alpha value is -1.11. The molecular formula is C4H4FNO2. The fourth-order valence-corrected chi connectivity index (χ4v) is 0.151. The Morgan fingerprint density at radius 1 is 1.88 bits per heavy atom. The molecule has 0 unspecified atom stereocenters. The van der Waals surface area contributed by atoms with E-state index in [4.69, 9.17) is 5.26 Å². The van der Waals surface area contributed by atoms with Gasteiger partial charge in [0.2, 0.25) is 0 Å². The molecule has 0 saturated heterocycles. The molecule has 0 aliphatic carbocycles. The molecular weight excluding hydrogens is 113 g/mol. The molecule has 0 fully saturated rings. The summed E-state index contributed by atoms with van der Waals surface area (Å²) in [5.41, 5.74) is 0. The molecule has 0 rings (SSSR count). The highest BCUT2D eigenvalue weighted by atomic mass is 19.1. The number of hydrogen-bond donors (Lipinski definition) is 0. The van der Waals surface area contributed by atoms with Gasteiger partial charge in [-0.1, -0.05) is 0 Å². The van der Waals surface area contributed by atoms with Gasteiger partial charge in [-0.15, -0.1) is 0 Å². The third kappa shape index (κ3) is 3.09. The van der Waals surface area contributed by atoms with Crippen LogP contribution in [0.3, 0.4) is 0 Å². The van der Waals surface area contributed by atoms with E-state index in [1.807, 2.05) is 0 Å². The van der Waals surface area contributed by atoms with Crippen LogP contribution in [0.15, 0.2) is 0 Å². The molecule has 44 valence electrons. The summed E-state index contributed by atoms with van der Waals surface area (Å²) in [6.07, 6.45) is 0. The first kappa shape index (κ1) is 6.89. The van der Waals surface area contributed by atoms with E-state index in [9.17, 15) is 9.18 Å². The Morgan fingerprint density at radius 3 is 2.88 bits per heavy atom. The van der Waals surface area contributed by atoms with Crippen LogP contribution >= 0.6 is 0 Å². The van der Waals surface area contributed by atoms with Crippen LogP contribution in [0.2, 0.25) is 0 Å². The largest absolute Gasteiger partial charge is 0.448 e. The number of esters is 1. The first-order valence-electron chi connectivity index (χ1n) is 1.89. The molecule has 0 heterocycles. The van der Waals surface area contributed by atoms with Crippen molar-refractivity contribution < 1.29 is 13.9 Å². The monoisotopic (exact) mass is 117 g/mol.